The van der Waals surface area contributed by atoms with Gasteiger partial charge in [-0.15, -0.1) is 0 Å². The number of nitrogens with one attached hydrogen (secondary N) is 2. The van der Waals surface area contributed by atoms with Crippen molar-refractivity contribution in [3.63, 3.8) is 0 Å². The van der Waals surface area contributed by atoms with Gasteiger partial charge in [0.1, 0.15) is 17.7 Å². The molecule has 1 fully saturated rings. The van der Waals surface area contributed by atoms with Crippen LogP contribution in [0.5, 0.6) is 0 Å². The zero-order valence-corrected chi connectivity index (χ0v) is 18.1. The Morgan fingerprint density at radius 1 is 1.21 bits per heavy atom. The van der Waals surface area contributed by atoms with Crippen LogP contribution in [0.1, 0.15) is 18.4 Å². The molecular weight excluding hydrogens is 445 g/mol. The van der Waals surface area contributed by atoms with Gasteiger partial charge < -0.3 is 15.2 Å². The number of amides is 2. The highest BCUT2D eigenvalue weighted by Crippen LogP contribution is 2.31. The van der Waals surface area contributed by atoms with E-state index in [4.69, 9.17) is 11.6 Å². The first-order valence-corrected chi connectivity index (χ1v) is 10.8. The summed E-state index contributed by atoms with van der Waals surface area (Å²) in [6, 6.07) is 13.3. The van der Waals surface area contributed by atoms with Crippen LogP contribution in [0.2, 0.25) is 5.02 Å². The standard InChI is InChI=1S/C24H19ClFN5O2/c25-18-11-27-22(30-24(33)20-6-7-23(32)29-20)10-17(18)15-4-5-19-21(9-15)31(13-28-19)12-14-2-1-3-16(26)8-14/h1-5,8-11,13,20H,6-7,12H2,(H,29,32)(H,27,30,33)/t20-/m1/s1. The molecule has 1 saturated heterocycles. The Hall–Kier alpha value is -3.78. The fourth-order valence-electron chi connectivity index (χ4n) is 3.93. The Kier molecular flexibility index (Phi) is 5.51. The van der Waals surface area contributed by atoms with Gasteiger partial charge in [0.2, 0.25) is 11.8 Å². The summed E-state index contributed by atoms with van der Waals surface area (Å²) in [6.45, 7) is 0.468. The summed E-state index contributed by atoms with van der Waals surface area (Å²) < 4.78 is 15.5. The van der Waals surface area contributed by atoms with Crippen molar-refractivity contribution in [2.45, 2.75) is 25.4 Å². The van der Waals surface area contributed by atoms with Crippen LogP contribution >= 0.6 is 11.6 Å². The summed E-state index contributed by atoms with van der Waals surface area (Å²) >= 11 is 6.43. The molecule has 0 spiro atoms. The minimum atomic E-state index is -0.563. The Morgan fingerprint density at radius 3 is 2.88 bits per heavy atom. The van der Waals surface area contributed by atoms with Crippen molar-refractivity contribution in [2.24, 2.45) is 0 Å². The molecule has 0 unspecified atom stereocenters. The lowest BCUT2D eigenvalue weighted by atomic mass is 10.1. The molecular formula is C24H19ClFN5O2. The number of hydrogen-bond donors (Lipinski definition) is 2. The molecule has 0 saturated carbocycles. The van der Waals surface area contributed by atoms with E-state index in [9.17, 15) is 14.0 Å². The smallest absolute Gasteiger partial charge is 0.248 e. The van der Waals surface area contributed by atoms with Gasteiger partial charge in [0.25, 0.3) is 0 Å². The van der Waals surface area contributed by atoms with Crippen LogP contribution in [0.15, 0.2) is 61.1 Å². The number of hydrogen-bond acceptors (Lipinski definition) is 4. The van der Waals surface area contributed by atoms with Gasteiger partial charge in [0.05, 0.1) is 22.4 Å². The quantitative estimate of drug-likeness (QED) is 0.465. The zero-order chi connectivity index (χ0) is 22.9. The van der Waals surface area contributed by atoms with Gasteiger partial charge >= 0.3 is 0 Å². The van der Waals surface area contributed by atoms with E-state index >= 15 is 0 Å². The van der Waals surface area contributed by atoms with Crippen LogP contribution in [-0.2, 0) is 16.1 Å². The summed E-state index contributed by atoms with van der Waals surface area (Å²) in [7, 11) is 0. The van der Waals surface area contributed by atoms with E-state index in [1.807, 2.05) is 28.8 Å². The molecule has 2 aromatic carbocycles. The number of halogens is 2. The van der Waals surface area contributed by atoms with Crippen LogP contribution in [-0.4, -0.2) is 32.4 Å². The highest BCUT2D eigenvalue weighted by Gasteiger charge is 2.27. The van der Waals surface area contributed by atoms with E-state index in [-0.39, 0.29) is 17.6 Å². The molecule has 2 aromatic heterocycles. The SMILES string of the molecule is O=C1CC[C@H](C(=O)Nc2cc(-c3ccc4ncn(Cc5cccc(F)c5)c4c3)c(Cl)cn2)N1. The van der Waals surface area contributed by atoms with Gasteiger partial charge in [0, 0.05) is 24.7 Å². The summed E-state index contributed by atoms with van der Waals surface area (Å²) in [6.07, 6.45) is 3.99. The van der Waals surface area contributed by atoms with E-state index in [1.54, 1.807) is 18.5 Å². The van der Waals surface area contributed by atoms with E-state index in [0.29, 0.717) is 35.8 Å². The molecule has 2 N–H and O–H groups in total. The largest absolute Gasteiger partial charge is 0.344 e. The molecule has 166 valence electrons. The molecule has 5 rings (SSSR count). The lowest BCUT2D eigenvalue weighted by Crippen LogP contribution is -2.37. The fraction of sp³-hybridized carbons (Fsp3) is 0.167. The van der Waals surface area contributed by atoms with Gasteiger partial charge in [-0.2, -0.15) is 0 Å². The summed E-state index contributed by atoms with van der Waals surface area (Å²) in [5, 5.41) is 5.82. The Bertz CT molecular complexity index is 1390. The number of carbonyl (C=O) groups is 2. The molecule has 0 radical (unpaired) electrons. The van der Waals surface area contributed by atoms with Crippen molar-refractivity contribution in [2.75, 3.05) is 5.32 Å². The number of nitrogens with zero attached hydrogens (tertiary/aromatic N) is 3. The summed E-state index contributed by atoms with van der Waals surface area (Å²) in [5.74, 6) is -0.393. The molecule has 9 heteroatoms. The maximum Gasteiger partial charge on any atom is 0.248 e. The predicted molar refractivity (Wildman–Crippen MR) is 123 cm³/mol. The minimum absolute atomic E-state index is 0.136. The highest BCUT2D eigenvalue weighted by molar-refractivity contribution is 6.33. The molecule has 0 bridgehead atoms. The molecule has 7 nitrogen and oxygen atoms in total. The van der Waals surface area contributed by atoms with Crippen molar-refractivity contribution in [1.29, 1.82) is 0 Å². The highest BCUT2D eigenvalue weighted by atomic mass is 35.5. The van der Waals surface area contributed by atoms with E-state index in [0.717, 1.165) is 22.2 Å². The van der Waals surface area contributed by atoms with E-state index in [1.165, 1.54) is 18.3 Å². The average molecular weight is 464 g/mol. The molecule has 4 aromatic rings. The van der Waals surface area contributed by atoms with Gasteiger partial charge in [-0.25, -0.2) is 14.4 Å². The number of fused-ring (bicyclic) bond motifs is 1. The normalized spacial score (nSPS) is 15.6. The average Bonchev–Trinajstić information content (AvgIpc) is 3.41. The van der Waals surface area contributed by atoms with E-state index in [2.05, 4.69) is 20.6 Å². The summed E-state index contributed by atoms with van der Waals surface area (Å²) in [5.41, 5.74) is 4.00. The van der Waals surface area contributed by atoms with Gasteiger partial charge in [-0.05, 0) is 47.9 Å². The zero-order valence-electron chi connectivity index (χ0n) is 17.4. The number of imidazole rings is 1. The second-order valence-electron chi connectivity index (χ2n) is 7.90. The molecule has 1 aliphatic rings. The molecule has 1 aliphatic heterocycles. The molecule has 33 heavy (non-hydrogen) atoms. The number of pyridine rings is 1. The molecule has 1 atom stereocenters. The van der Waals surface area contributed by atoms with Crippen LogP contribution in [0.4, 0.5) is 10.2 Å². The van der Waals surface area contributed by atoms with Crippen LogP contribution < -0.4 is 10.6 Å². The Morgan fingerprint density at radius 2 is 2.09 bits per heavy atom. The van der Waals surface area contributed by atoms with Gasteiger partial charge in [0.15, 0.2) is 0 Å². The first-order chi connectivity index (χ1) is 16.0. The third-order valence-corrected chi connectivity index (χ3v) is 5.89. The van der Waals surface area contributed by atoms with Gasteiger partial charge in [-0.3, -0.25) is 9.59 Å². The number of carbonyl (C=O) groups excluding carboxylic acids is 2. The monoisotopic (exact) mass is 463 g/mol. The fourth-order valence-corrected chi connectivity index (χ4v) is 4.15. The van der Waals surface area contributed by atoms with Crippen LogP contribution in [0.3, 0.4) is 0 Å². The third kappa shape index (κ3) is 4.42. The topological polar surface area (TPSA) is 88.9 Å². The lowest BCUT2D eigenvalue weighted by Gasteiger charge is -2.12. The van der Waals surface area contributed by atoms with Crippen molar-refractivity contribution >= 4 is 40.3 Å². The van der Waals surface area contributed by atoms with Crippen molar-refractivity contribution < 1.29 is 14.0 Å². The van der Waals surface area contributed by atoms with E-state index < -0.39 is 6.04 Å². The van der Waals surface area contributed by atoms with Gasteiger partial charge in [-0.1, -0.05) is 29.8 Å². The maximum absolute atomic E-state index is 13.6. The minimum Gasteiger partial charge on any atom is -0.344 e. The molecule has 3 heterocycles. The van der Waals surface area contributed by atoms with Crippen LogP contribution in [0.25, 0.3) is 22.2 Å². The number of anilines is 1. The lowest BCUT2D eigenvalue weighted by molar-refractivity contribution is -0.122. The first-order valence-electron chi connectivity index (χ1n) is 10.4. The number of benzene rings is 2. The first kappa shape index (κ1) is 21.1. The number of rotatable bonds is 5. The predicted octanol–water partition coefficient (Wildman–Crippen LogP) is 4.16. The second kappa shape index (κ2) is 8.63. The molecule has 2 amide bonds. The number of aromatic nitrogens is 3. The molecule has 0 aliphatic carbocycles. The van der Waals surface area contributed by atoms with Crippen LogP contribution in [0, 0.1) is 5.82 Å². The van der Waals surface area contributed by atoms with Crippen molar-refractivity contribution in [3.05, 3.63) is 77.5 Å². The second-order valence-corrected chi connectivity index (χ2v) is 8.31. The third-order valence-electron chi connectivity index (χ3n) is 5.59. The maximum atomic E-state index is 13.6. The Labute approximate surface area is 193 Å². The van der Waals surface area contributed by atoms with Crippen molar-refractivity contribution in [1.82, 2.24) is 19.9 Å². The van der Waals surface area contributed by atoms with Crippen molar-refractivity contribution in [3.8, 4) is 11.1 Å². The Balaban J connectivity index is 1.44. The summed E-state index contributed by atoms with van der Waals surface area (Å²) in [4.78, 5) is 32.5.